The van der Waals surface area contributed by atoms with Gasteiger partial charge in [0.1, 0.15) is 21.7 Å². The number of piperazine rings is 2. The third-order valence-electron chi connectivity index (χ3n) is 5.29. The second kappa shape index (κ2) is 7.94. The Morgan fingerprint density at radius 3 is 2.04 bits per heavy atom. The standard InChI is InChI=1S/C18H26N6O2S2/c1-15-19-16(22-7-5-21(2)6-8-22)14-17(20-15)23-9-11-24(12-10-23)28(25,26)18-4-3-13-27-18/h3-4,13-14H,5-12H2,1-2H3. The van der Waals surface area contributed by atoms with Crippen LogP contribution in [0.5, 0.6) is 0 Å². The molecular weight excluding hydrogens is 396 g/mol. The van der Waals surface area contributed by atoms with Gasteiger partial charge in [-0.05, 0) is 25.4 Å². The van der Waals surface area contributed by atoms with Crippen molar-refractivity contribution in [2.45, 2.75) is 11.1 Å². The van der Waals surface area contributed by atoms with Crippen LogP contribution in [0.25, 0.3) is 0 Å². The van der Waals surface area contributed by atoms with Crippen molar-refractivity contribution in [3.05, 3.63) is 29.4 Å². The van der Waals surface area contributed by atoms with E-state index in [0.717, 1.165) is 43.6 Å². The van der Waals surface area contributed by atoms with Gasteiger partial charge in [0.05, 0.1) is 0 Å². The fourth-order valence-electron chi connectivity index (χ4n) is 3.59. The van der Waals surface area contributed by atoms with E-state index in [1.807, 2.05) is 13.0 Å². The number of rotatable bonds is 4. The lowest BCUT2D eigenvalue weighted by atomic mass is 10.3. The minimum absolute atomic E-state index is 0.413. The summed E-state index contributed by atoms with van der Waals surface area (Å²) in [5, 5.41) is 1.80. The predicted molar refractivity (Wildman–Crippen MR) is 112 cm³/mol. The number of aromatic nitrogens is 2. The number of aryl methyl sites for hydroxylation is 1. The van der Waals surface area contributed by atoms with Gasteiger partial charge in [0.25, 0.3) is 10.0 Å². The van der Waals surface area contributed by atoms with Gasteiger partial charge in [-0.25, -0.2) is 18.4 Å². The Balaban J connectivity index is 1.46. The molecule has 10 heteroatoms. The molecule has 0 bridgehead atoms. The quantitative estimate of drug-likeness (QED) is 0.731. The van der Waals surface area contributed by atoms with Gasteiger partial charge in [-0.1, -0.05) is 6.07 Å². The van der Waals surface area contributed by atoms with Crippen LogP contribution < -0.4 is 9.80 Å². The van der Waals surface area contributed by atoms with Crippen molar-refractivity contribution >= 4 is 33.0 Å². The largest absolute Gasteiger partial charge is 0.354 e. The fourth-order valence-corrected chi connectivity index (χ4v) is 6.16. The maximum Gasteiger partial charge on any atom is 0.252 e. The van der Waals surface area contributed by atoms with Crippen molar-refractivity contribution in [1.82, 2.24) is 19.2 Å². The van der Waals surface area contributed by atoms with E-state index in [0.29, 0.717) is 30.4 Å². The zero-order valence-electron chi connectivity index (χ0n) is 16.3. The average Bonchev–Trinajstić information content (AvgIpc) is 3.24. The van der Waals surface area contributed by atoms with E-state index in [4.69, 9.17) is 0 Å². The van der Waals surface area contributed by atoms with Crippen molar-refractivity contribution < 1.29 is 8.42 Å². The molecule has 4 rings (SSSR count). The van der Waals surface area contributed by atoms with E-state index in [1.54, 1.807) is 21.8 Å². The number of hydrogen-bond acceptors (Lipinski definition) is 8. The third kappa shape index (κ3) is 4.00. The lowest BCUT2D eigenvalue weighted by Crippen LogP contribution is -2.49. The monoisotopic (exact) mass is 422 g/mol. The number of hydrogen-bond donors (Lipinski definition) is 0. The SMILES string of the molecule is Cc1nc(N2CCN(C)CC2)cc(N2CCN(S(=O)(=O)c3cccs3)CC2)n1. The lowest BCUT2D eigenvalue weighted by Gasteiger charge is -2.36. The molecule has 0 N–H and O–H groups in total. The molecule has 0 aliphatic carbocycles. The summed E-state index contributed by atoms with van der Waals surface area (Å²) in [5.41, 5.74) is 0. The molecule has 2 aliphatic rings. The van der Waals surface area contributed by atoms with Crippen molar-refractivity contribution in [2.75, 3.05) is 69.2 Å². The molecule has 2 saturated heterocycles. The third-order valence-corrected chi connectivity index (χ3v) is 8.56. The minimum Gasteiger partial charge on any atom is -0.354 e. The molecule has 0 atom stereocenters. The highest BCUT2D eigenvalue weighted by atomic mass is 32.2. The number of anilines is 2. The van der Waals surface area contributed by atoms with E-state index in [2.05, 4.69) is 31.7 Å². The van der Waals surface area contributed by atoms with E-state index < -0.39 is 10.0 Å². The molecule has 0 unspecified atom stereocenters. The zero-order valence-corrected chi connectivity index (χ0v) is 17.9. The summed E-state index contributed by atoms with van der Waals surface area (Å²) >= 11 is 1.27. The Bertz CT molecular complexity index is 902. The van der Waals surface area contributed by atoms with E-state index in [-0.39, 0.29) is 0 Å². The molecular formula is C18H26N6O2S2. The van der Waals surface area contributed by atoms with Crippen LogP contribution in [0.1, 0.15) is 5.82 Å². The summed E-state index contributed by atoms with van der Waals surface area (Å²) in [6.45, 7) is 8.07. The van der Waals surface area contributed by atoms with Crippen LogP contribution in [0.4, 0.5) is 11.6 Å². The summed E-state index contributed by atoms with van der Waals surface area (Å²) in [6, 6.07) is 5.49. The fraction of sp³-hybridized carbons (Fsp3) is 0.556. The average molecular weight is 423 g/mol. The van der Waals surface area contributed by atoms with Gasteiger partial charge >= 0.3 is 0 Å². The van der Waals surface area contributed by atoms with Crippen LogP contribution in [0, 0.1) is 6.92 Å². The van der Waals surface area contributed by atoms with Crippen LogP contribution in [-0.4, -0.2) is 87.0 Å². The first-order chi connectivity index (χ1) is 13.4. The second-order valence-corrected chi connectivity index (χ2v) is 10.4. The smallest absolute Gasteiger partial charge is 0.252 e. The number of thiophene rings is 1. The first-order valence-electron chi connectivity index (χ1n) is 9.51. The van der Waals surface area contributed by atoms with Gasteiger partial charge in [0.2, 0.25) is 0 Å². The molecule has 2 aromatic heterocycles. The molecule has 2 fully saturated rings. The van der Waals surface area contributed by atoms with Crippen LogP contribution in [-0.2, 0) is 10.0 Å². The second-order valence-electron chi connectivity index (χ2n) is 7.25. The summed E-state index contributed by atoms with van der Waals surface area (Å²) in [6.07, 6.45) is 0. The maximum atomic E-state index is 12.7. The maximum absolute atomic E-state index is 12.7. The molecule has 0 radical (unpaired) electrons. The van der Waals surface area contributed by atoms with Crippen molar-refractivity contribution in [3.63, 3.8) is 0 Å². The Kier molecular flexibility index (Phi) is 5.55. The van der Waals surface area contributed by atoms with E-state index >= 15 is 0 Å². The number of likely N-dealkylation sites (N-methyl/N-ethyl adjacent to an activating group) is 1. The molecule has 2 aliphatic heterocycles. The van der Waals surface area contributed by atoms with Crippen molar-refractivity contribution in [1.29, 1.82) is 0 Å². The Morgan fingerprint density at radius 2 is 1.50 bits per heavy atom. The van der Waals surface area contributed by atoms with Gasteiger partial charge in [-0.15, -0.1) is 11.3 Å². The van der Waals surface area contributed by atoms with Gasteiger partial charge in [0.15, 0.2) is 0 Å². The minimum atomic E-state index is -3.38. The molecule has 2 aromatic rings. The zero-order chi connectivity index (χ0) is 19.7. The summed E-state index contributed by atoms with van der Waals surface area (Å²) in [5.74, 6) is 2.60. The van der Waals surface area contributed by atoms with E-state index in [1.165, 1.54) is 11.3 Å². The number of nitrogens with zero attached hydrogens (tertiary/aromatic N) is 6. The summed E-state index contributed by atoms with van der Waals surface area (Å²) in [4.78, 5) is 16.0. The predicted octanol–water partition coefficient (Wildman–Crippen LogP) is 1.11. The van der Waals surface area contributed by atoms with Crippen LogP contribution >= 0.6 is 11.3 Å². The Hall–Kier alpha value is -1.75. The molecule has 0 amide bonds. The molecule has 152 valence electrons. The van der Waals surface area contributed by atoms with Crippen molar-refractivity contribution in [3.8, 4) is 0 Å². The number of sulfonamides is 1. The summed E-state index contributed by atoms with van der Waals surface area (Å²) in [7, 11) is -1.25. The highest BCUT2D eigenvalue weighted by molar-refractivity contribution is 7.91. The molecule has 0 spiro atoms. The van der Waals surface area contributed by atoms with Crippen LogP contribution in [0.3, 0.4) is 0 Å². The van der Waals surface area contributed by atoms with E-state index in [9.17, 15) is 8.42 Å². The van der Waals surface area contributed by atoms with Crippen LogP contribution in [0.2, 0.25) is 0 Å². The molecule has 8 nitrogen and oxygen atoms in total. The van der Waals surface area contributed by atoms with Gasteiger partial charge in [-0.2, -0.15) is 4.31 Å². The van der Waals surface area contributed by atoms with Gasteiger partial charge in [0, 0.05) is 58.4 Å². The highest BCUT2D eigenvalue weighted by Crippen LogP contribution is 2.25. The highest BCUT2D eigenvalue weighted by Gasteiger charge is 2.30. The normalized spacial score (nSPS) is 19.9. The first-order valence-corrected chi connectivity index (χ1v) is 11.8. The Labute approximate surface area is 170 Å². The lowest BCUT2D eigenvalue weighted by molar-refractivity contribution is 0.312. The molecule has 0 aromatic carbocycles. The molecule has 28 heavy (non-hydrogen) atoms. The van der Waals surface area contributed by atoms with Crippen LogP contribution in [0.15, 0.2) is 27.8 Å². The Morgan fingerprint density at radius 1 is 0.929 bits per heavy atom. The molecule has 4 heterocycles. The summed E-state index contributed by atoms with van der Waals surface area (Å²) < 4.78 is 27.4. The molecule has 0 saturated carbocycles. The van der Waals surface area contributed by atoms with Gasteiger partial charge in [-0.3, -0.25) is 0 Å². The first kappa shape index (κ1) is 19.6. The topological polar surface area (TPSA) is 72.9 Å². The van der Waals surface area contributed by atoms with Crippen molar-refractivity contribution in [2.24, 2.45) is 0 Å². The van der Waals surface area contributed by atoms with Gasteiger partial charge < -0.3 is 14.7 Å².